The summed E-state index contributed by atoms with van der Waals surface area (Å²) in [6, 6.07) is 15.1. The lowest BCUT2D eigenvalue weighted by Gasteiger charge is -2.28. The predicted octanol–water partition coefficient (Wildman–Crippen LogP) is 3.16. The van der Waals surface area contributed by atoms with Crippen LogP contribution in [0, 0.1) is 0 Å². The van der Waals surface area contributed by atoms with Crippen LogP contribution in [-0.2, 0) is 17.2 Å². The van der Waals surface area contributed by atoms with Gasteiger partial charge >= 0.3 is 0 Å². The topological polar surface area (TPSA) is 69.6 Å². The fourth-order valence-corrected chi connectivity index (χ4v) is 3.31. The summed E-state index contributed by atoms with van der Waals surface area (Å²) in [6.45, 7) is 4.63. The monoisotopic (exact) mass is 361 g/mol. The van der Waals surface area contributed by atoms with Gasteiger partial charge < -0.3 is 15.5 Å². The summed E-state index contributed by atoms with van der Waals surface area (Å²) in [7, 11) is -1.29. The number of benzene rings is 2. The van der Waals surface area contributed by atoms with E-state index in [0.29, 0.717) is 17.0 Å². The van der Waals surface area contributed by atoms with Crippen molar-refractivity contribution in [2.24, 2.45) is 0 Å². The van der Waals surface area contributed by atoms with Crippen molar-refractivity contribution in [3.63, 3.8) is 0 Å². The molecule has 0 fully saturated rings. The Bertz CT molecular complexity index is 716. The number of nitrogens with one attached hydrogen (secondary N) is 1. The van der Waals surface area contributed by atoms with Crippen molar-refractivity contribution in [2.45, 2.75) is 43.2 Å². The van der Waals surface area contributed by atoms with Gasteiger partial charge in [0.05, 0.1) is 21.8 Å². The minimum Gasteiger partial charge on any atom is -0.507 e. The molecular formula is C20H27NO3S. The van der Waals surface area contributed by atoms with E-state index in [0.717, 1.165) is 12.8 Å². The van der Waals surface area contributed by atoms with E-state index in [9.17, 15) is 14.4 Å². The molecule has 2 aromatic rings. The maximum atomic E-state index is 11.6. The van der Waals surface area contributed by atoms with Crippen LogP contribution >= 0.6 is 0 Å². The molecule has 3 N–H and O–H groups in total. The second kappa shape index (κ2) is 8.61. The van der Waals surface area contributed by atoms with Gasteiger partial charge in [0, 0.05) is 18.3 Å². The number of aliphatic hydroxyl groups excluding tert-OH is 1. The highest BCUT2D eigenvalue weighted by Gasteiger charge is 2.20. The molecule has 0 aromatic heterocycles. The molecule has 2 unspecified atom stereocenters. The van der Waals surface area contributed by atoms with Crippen LogP contribution in [0.5, 0.6) is 5.75 Å². The molecule has 136 valence electrons. The van der Waals surface area contributed by atoms with Crippen LogP contribution in [0.2, 0.25) is 0 Å². The maximum absolute atomic E-state index is 11.6. The van der Waals surface area contributed by atoms with Crippen molar-refractivity contribution in [2.75, 3.05) is 12.8 Å². The molecule has 0 saturated carbocycles. The third kappa shape index (κ3) is 5.96. The molecule has 0 aliphatic heterocycles. The minimum atomic E-state index is -1.29. The molecular weight excluding hydrogens is 334 g/mol. The third-order valence-electron chi connectivity index (χ3n) is 4.33. The normalized spacial score (nSPS) is 14.2. The van der Waals surface area contributed by atoms with E-state index in [1.807, 2.05) is 18.2 Å². The number of aryl methyl sites for hydroxylation is 1. The number of aliphatic hydroxyl groups is 1. The van der Waals surface area contributed by atoms with E-state index < -0.39 is 16.9 Å². The van der Waals surface area contributed by atoms with Crippen molar-refractivity contribution in [1.29, 1.82) is 0 Å². The zero-order valence-electron chi connectivity index (χ0n) is 15.0. The molecule has 2 aromatic carbocycles. The second-order valence-corrected chi connectivity index (χ2v) is 8.30. The van der Waals surface area contributed by atoms with Gasteiger partial charge in [-0.05, 0) is 49.9 Å². The van der Waals surface area contributed by atoms with Crippen molar-refractivity contribution in [1.82, 2.24) is 5.32 Å². The van der Waals surface area contributed by atoms with E-state index in [4.69, 9.17) is 0 Å². The molecule has 0 amide bonds. The van der Waals surface area contributed by atoms with Crippen molar-refractivity contribution < 1.29 is 14.4 Å². The van der Waals surface area contributed by atoms with Crippen LogP contribution in [0.15, 0.2) is 53.4 Å². The Labute approximate surface area is 152 Å². The summed E-state index contributed by atoms with van der Waals surface area (Å²) in [5.74, 6) is -0.00654. The quantitative estimate of drug-likeness (QED) is 0.675. The van der Waals surface area contributed by atoms with Gasteiger partial charge in [-0.25, -0.2) is 0 Å². The van der Waals surface area contributed by atoms with Crippen LogP contribution in [0.1, 0.15) is 37.5 Å². The van der Waals surface area contributed by atoms with E-state index >= 15 is 0 Å². The largest absolute Gasteiger partial charge is 0.507 e. The van der Waals surface area contributed by atoms with Crippen LogP contribution in [-0.4, -0.2) is 32.8 Å². The molecule has 0 bridgehead atoms. The molecule has 0 radical (unpaired) electrons. The number of β-amino-alcohol motifs (C(OH)–C–C–N with tert-alkyl or cyclic N) is 1. The van der Waals surface area contributed by atoms with Crippen molar-refractivity contribution in [3.8, 4) is 5.75 Å². The molecule has 0 aliphatic rings. The van der Waals surface area contributed by atoms with Gasteiger partial charge in [0.25, 0.3) is 0 Å². The number of rotatable bonds is 8. The highest BCUT2D eigenvalue weighted by Crippen LogP contribution is 2.25. The maximum Gasteiger partial charge on any atom is 0.131 e. The highest BCUT2D eigenvalue weighted by molar-refractivity contribution is 7.84. The first-order valence-electron chi connectivity index (χ1n) is 8.42. The Morgan fingerprint density at radius 2 is 1.84 bits per heavy atom. The molecule has 4 nitrogen and oxygen atoms in total. The van der Waals surface area contributed by atoms with Crippen LogP contribution in [0.4, 0.5) is 0 Å². The van der Waals surface area contributed by atoms with E-state index in [2.05, 4.69) is 31.3 Å². The van der Waals surface area contributed by atoms with Gasteiger partial charge in [-0.2, -0.15) is 0 Å². The predicted molar refractivity (Wildman–Crippen MR) is 102 cm³/mol. The van der Waals surface area contributed by atoms with Crippen LogP contribution < -0.4 is 5.32 Å². The summed E-state index contributed by atoms with van der Waals surface area (Å²) in [5.41, 5.74) is 1.82. The number of hydrogen-bond donors (Lipinski definition) is 3. The standard InChI is InChI=1S/C20H27NO3S/c1-20(2,12-11-15-7-5-4-6-8-15)21-14-18(23)16-9-10-17(22)19(13-16)25(3)24/h4-10,13,18,21-23H,11-12,14H2,1-3H3. The molecule has 0 heterocycles. The van der Waals surface area contributed by atoms with Crippen molar-refractivity contribution >= 4 is 10.8 Å². The van der Waals surface area contributed by atoms with E-state index in [-0.39, 0.29) is 11.3 Å². The lowest BCUT2D eigenvalue weighted by molar-refractivity contribution is 0.159. The third-order valence-corrected chi connectivity index (χ3v) is 5.28. The zero-order valence-corrected chi connectivity index (χ0v) is 15.8. The summed E-state index contributed by atoms with van der Waals surface area (Å²) in [5, 5.41) is 23.6. The van der Waals surface area contributed by atoms with E-state index in [1.54, 1.807) is 12.1 Å². The van der Waals surface area contributed by atoms with Crippen LogP contribution in [0.25, 0.3) is 0 Å². The number of phenols is 1. The molecule has 0 aliphatic carbocycles. The molecule has 2 atom stereocenters. The average Bonchev–Trinajstić information content (AvgIpc) is 2.59. The van der Waals surface area contributed by atoms with Gasteiger partial charge in [0.2, 0.25) is 0 Å². The number of phenolic OH excluding ortho intramolecular Hbond substituents is 1. The average molecular weight is 362 g/mol. The Hall–Kier alpha value is -1.69. The van der Waals surface area contributed by atoms with E-state index in [1.165, 1.54) is 17.9 Å². The Kier molecular flexibility index (Phi) is 6.76. The number of aromatic hydroxyl groups is 1. The highest BCUT2D eigenvalue weighted by atomic mass is 32.2. The fraction of sp³-hybridized carbons (Fsp3) is 0.400. The van der Waals surface area contributed by atoms with Gasteiger partial charge in [-0.15, -0.1) is 0 Å². The smallest absolute Gasteiger partial charge is 0.131 e. The van der Waals surface area contributed by atoms with Gasteiger partial charge in [0.15, 0.2) is 0 Å². The zero-order chi connectivity index (χ0) is 18.4. The fourth-order valence-electron chi connectivity index (χ4n) is 2.65. The SMILES string of the molecule is CS(=O)c1cc(C(O)CNC(C)(C)CCc2ccccc2)ccc1O. The Morgan fingerprint density at radius 1 is 1.16 bits per heavy atom. The summed E-state index contributed by atoms with van der Waals surface area (Å²) < 4.78 is 11.6. The summed E-state index contributed by atoms with van der Waals surface area (Å²) in [6.07, 6.45) is 2.70. The first kappa shape index (κ1) is 19.6. The number of hydrogen-bond acceptors (Lipinski definition) is 4. The van der Waals surface area contributed by atoms with Gasteiger partial charge in [0.1, 0.15) is 5.75 Å². The lowest BCUT2D eigenvalue weighted by atomic mass is 9.94. The first-order chi connectivity index (χ1) is 11.8. The lowest BCUT2D eigenvalue weighted by Crippen LogP contribution is -2.42. The summed E-state index contributed by atoms with van der Waals surface area (Å²) >= 11 is 0. The van der Waals surface area contributed by atoms with Gasteiger partial charge in [-0.3, -0.25) is 4.21 Å². The minimum absolute atomic E-state index is 0.00654. The molecule has 2 rings (SSSR count). The molecule has 0 spiro atoms. The second-order valence-electron chi connectivity index (χ2n) is 6.95. The van der Waals surface area contributed by atoms with Gasteiger partial charge in [-0.1, -0.05) is 36.4 Å². The molecule has 0 saturated heterocycles. The molecule has 25 heavy (non-hydrogen) atoms. The summed E-state index contributed by atoms with van der Waals surface area (Å²) in [4.78, 5) is 0.347. The van der Waals surface area contributed by atoms with Crippen LogP contribution in [0.3, 0.4) is 0 Å². The Morgan fingerprint density at radius 3 is 2.48 bits per heavy atom. The first-order valence-corrected chi connectivity index (χ1v) is 9.98. The Balaban J connectivity index is 1.93. The van der Waals surface area contributed by atoms with Crippen molar-refractivity contribution in [3.05, 3.63) is 59.7 Å². The molecule has 5 heteroatoms.